The molecule has 0 aromatic heterocycles. The number of nitriles is 1. The minimum atomic E-state index is 0.144. The van der Waals surface area contributed by atoms with E-state index in [-0.39, 0.29) is 5.54 Å². The standard InChI is InChI=1S/C15H20N2/c1-15(2)14(8-10-16)9-11-17(15)12-13-6-4-3-5-7-13/h3-7,14H,8-9,11-12H2,1-2H3. The Morgan fingerprint density at radius 3 is 2.71 bits per heavy atom. The summed E-state index contributed by atoms with van der Waals surface area (Å²) in [5.74, 6) is 0.510. The molecule has 1 aromatic carbocycles. The summed E-state index contributed by atoms with van der Waals surface area (Å²) in [6.07, 6.45) is 1.83. The molecule has 17 heavy (non-hydrogen) atoms. The molecule has 1 atom stereocenters. The molecule has 2 heteroatoms. The van der Waals surface area contributed by atoms with Crippen LogP contribution in [0.15, 0.2) is 30.3 Å². The van der Waals surface area contributed by atoms with E-state index in [4.69, 9.17) is 5.26 Å². The van der Waals surface area contributed by atoms with E-state index in [9.17, 15) is 0 Å². The molecule has 0 spiro atoms. The van der Waals surface area contributed by atoms with Crippen molar-refractivity contribution in [2.45, 2.75) is 38.8 Å². The summed E-state index contributed by atoms with van der Waals surface area (Å²) in [5.41, 5.74) is 1.50. The second-order valence-corrected chi connectivity index (χ2v) is 5.41. The Morgan fingerprint density at radius 2 is 2.06 bits per heavy atom. The van der Waals surface area contributed by atoms with E-state index < -0.39 is 0 Å². The first kappa shape index (κ1) is 12.1. The van der Waals surface area contributed by atoms with E-state index in [1.165, 1.54) is 5.56 Å². The first-order valence-electron chi connectivity index (χ1n) is 6.30. The van der Waals surface area contributed by atoms with Crippen LogP contribution in [0.1, 0.15) is 32.3 Å². The number of benzene rings is 1. The number of hydrogen-bond acceptors (Lipinski definition) is 2. The molecular formula is C15H20N2. The quantitative estimate of drug-likeness (QED) is 0.794. The van der Waals surface area contributed by atoms with Crippen LogP contribution >= 0.6 is 0 Å². The minimum absolute atomic E-state index is 0.144. The predicted octanol–water partition coefficient (Wildman–Crippen LogP) is 3.20. The lowest BCUT2D eigenvalue weighted by atomic mass is 9.86. The van der Waals surface area contributed by atoms with E-state index in [0.29, 0.717) is 12.3 Å². The Labute approximate surface area is 104 Å². The van der Waals surface area contributed by atoms with Gasteiger partial charge in [0.15, 0.2) is 0 Å². The molecule has 0 aliphatic carbocycles. The Hall–Kier alpha value is -1.33. The molecule has 1 saturated heterocycles. The molecule has 1 aromatic rings. The summed E-state index contributed by atoms with van der Waals surface area (Å²) in [4.78, 5) is 2.50. The third kappa shape index (κ3) is 2.50. The topological polar surface area (TPSA) is 27.0 Å². The fraction of sp³-hybridized carbons (Fsp3) is 0.533. The van der Waals surface area contributed by atoms with Crippen LogP contribution in [0.5, 0.6) is 0 Å². The second-order valence-electron chi connectivity index (χ2n) is 5.41. The summed E-state index contributed by atoms with van der Waals surface area (Å²) in [5, 5.41) is 8.87. The van der Waals surface area contributed by atoms with Gasteiger partial charge < -0.3 is 0 Å². The molecule has 0 N–H and O–H groups in total. The molecule has 90 valence electrons. The van der Waals surface area contributed by atoms with Crippen molar-refractivity contribution in [3.63, 3.8) is 0 Å². The zero-order valence-corrected chi connectivity index (χ0v) is 10.7. The average molecular weight is 228 g/mol. The molecule has 0 bridgehead atoms. The van der Waals surface area contributed by atoms with E-state index in [1.807, 2.05) is 0 Å². The zero-order valence-electron chi connectivity index (χ0n) is 10.7. The maximum Gasteiger partial charge on any atom is 0.0625 e. The maximum atomic E-state index is 8.87. The van der Waals surface area contributed by atoms with Gasteiger partial charge in [0.1, 0.15) is 0 Å². The smallest absolute Gasteiger partial charge is 0.0625 e. The van der Waals surface area contributed by atoms with Crippen molar-refractivity contribution >= 4 is 0 Å². The molecule has 0 amide bonds. The number of rotatable bonds is 3. The Kier molecular flexibility index (Phi) is 3.49. The molecule has 1 aliphatic heterocycles. The van der Waals surface area contributed by atoms with Crippen LogP contribution in [0, 0.1) is 17.2 Å². The van der Waals surface area contributed by atoms with Crippen LogP contribution in [0.3, 0.4) is 0 Å². The van der Waals surface area contributed by atoms with Crippen LogP contribution < -0.4 is 0 Å². The van der Waals surface area contributed by atoms with Gasteiger partial charge >= 0.3 is 0 Å². The largest absolute Gasteiger partial charge is 0.294 e. The van der Waals surface area contributed by atoms with Crippen molar-refractivity contribution in [3.05, 3.63) is 35.9 Å². The van der Waals surface area contributed by atoms with E-state index in [2.05, 4.69) is 55.1 Å². The van der Waals surface area contributed by atoms with Crippen LogP contribution in [0.25, 0.3) is 0 Å². The van der Waals surface area contributed by atoms with Gasteiger partial charge in [-0.2, -0.15) is 5.26 Å². The molecular weight excluding hydrogens is 208 g/mol. The first-order chi connectivity index (χ1) is 8.14. The SMILES string of the molecule is CC1(C)C(CC#N)CCN1Cc1ccccc1. The van der Waals surface area contributed by atoms with Gasteiger partial charge in [-0.25, -0.2) is 0 Å². The van der Waals surface area contributed by atoms with E-state index in [0.717, 1.165) is 19.5 Å². The highest BCUT2D eigenvalue weighted by Gasteiger charge is 2.40. The van der Waals surface area contributed by atoms with Crippen LogP contribution in [-0.4, -0.2) is 17.0 Å². The normalized spacial score (nSPS) is 23.5. The highest BCUT2D eigenvalue weighted by atomic mass is 15.2. The van der Waals surface area contributed by atoms with E-state index >= 15 is 0 Å². The molecule has 0 radical (unpaired) electrons. The van der Waals surface area contributed by atoms with Crippen molar-refractivity contribution in [2.75, 3.05) is 6.54 Å². The second kappa shape index (κ2) is 4.89. The molecule has 2 rings (SSSR count). The van der Waals surface area contributed by atoms with Gasteiger partial charge in [-0.3, -0.25) is 4.90 Å². The highest BCUT2D eigenvalue weighted by molar-refractivity contribution is 5.15. The number of nitrogens with zero attached hydrogens (tertiary/aromatic N) is 2. The summed E-state index contributed by atoms with van der Waals surface area (Å²) < 4.78 is 0. The van der Waals surface area contributed by atoms with Gasteiger partial charge in [-0.1, -0.05) is 30.3 Å². The monoisotopic (exact) mass is 228 g/mol. The van der Waals surface area contributed by atoms with Crippen molar-refractivity contribution in [2.24, 2.45) is 5.92 Å². The summed E-state index contributed by atoms with van der Waals surface area (Å²) in [7, 11) is 0. The van der Waals surface area contributed by atoms with Crippen LogP contribution in [-0.2, 0) is 6.54 Å². The van der Waals surface area contributed by atoms with Gasteiger partial charge in [0, 0.05) is 18.5 Å². The summed E-state index contributed by atoms with van der Waals surface area (Å²) in [6, 6.07) is 12.9. The van der Waals surface area contributed by atoms with Gasteiger partial charge in [0.05, 0.1) is 6.07 Å². The summed E-state index contributed by atoms with van der Waals surface area (Å²) in [6.45, 7) is 6.64. The van der Waals surface area contributed by atoms with Gasteiger partial charge in [-0.05, 0) is 38.3 Å². The van der Waals surface area contributed by atoms with Crippen molar-refractivity contribution < 1.29 is 0 Å². The van der Waals surface area contributed by atoms with Gasteiger partial charge in [-0.15, -0.1) is 0 Å². The number of hydrogen-bond donors (Lipinski definition) is 0. The lowest BCUT2D eigenvalue weighted by Gasteiger charge is -2.35. The Bertz CT molecular complexity index is 403. The van der Waals surface area contributed by atoms with Crippen LogP contribution in [0.2, 0.25) is 0 Å². The Balaban J connectivity index is 2.06. The van der Waals surface area contributed by atoms with E-state index in [1.54, 1.807) is 0 Å². The number of likely N-dealkylation sites (tertiary alicyclic amines) is 1. The maximum absolute atomic E-state index is 8.87. The highest BCUT2D eigenvalue weighted by Crippen LogP contribution is 2.37. The molecule has 1 unspecified atom stereocenters. The fourth-order valence-electron chi connectivity index (χ4n) is 2.76. The zero-order chi connectivity index (χ0) is 12.3. The van der Waals surface area contributed by atoms with Crippen molar-refractivity contribution in [1.29, 1.82) is 5.26 Å². The van der Waals surface area contributed by atoms with Gasteiger partial charge in [0.25, 0.3) is 0 Å². The van der Waals surface area contributed by atoms with Gasteiger partial charge in [0.2, 0.25) is 0 Å². The molecule has 0 saturated carbocycles. The van der Waals surface area contributed by atoms with Crippen molar-refractivity contribution in [3.8, 4) is 6.07 Å². The first-order valence-corrected chi connectivity index (χ1v) is 6.30. The minimum Gasteiger partial charge on any atom is -0.294 e. The lowest BCUT2D eigenvalue weighted by molar-refractivity contribution is 0.132. The van der Waals surface area contributed by atoms with Crippen molar-refractivity contribution in [1.82, 2.24) is 4.90 Å². The predicted molar refractivity (Wildman–Crippen MR) is 69.3 cm³/mol. The lowest BCUT2D eigenvalue weighted by Crippen LogP contribution is -2.41. The van der Waals surface area contributed by atoms with Crippen LogP contribution in [0.4, 0.5) is 0 Å². The molecule has 1 heterocycles. The molecule has 1 fully saturated rings. The Morgan fingerprint density at radius 1 is 1.35 bits per heavy atom. The molecule has 1 aliphatic rings. The third-order valence-corrected chi connectivity index (χ3v) is 4.12. The third-order valence-electron chi connectivity index (χ3n) is 4.12. The summed E-state index contributed by atoms with van der Waals surface area (Å²) >= 11 is 0. The average Bonchev–Trinajstić information content (AvgIpc) is 2.58. The fourth-order valence-corrected chi connectivity index (χ4v) is 2.76. The molecule has 2 nitrogen and oxygen atoms in total.